The first kappa shape index (κ1) is 86.3. The summed E-state index contributed by atoms with van der Waals surface area (Å²) in [4.78, 5) is 121. The molecule has 0 amide bonds. The molecule has 26 nitrogen and oxygen atoms in total. The molecular weight excluding hydrogens is 1740 g/mol. The van der Waals surface area contributed by atoms with Crippen molar-refractivity contribution >= 4 is 191 Å². The zero-order valence-electron chi connectivity index (χ0n) is 73.4. The van der Waals surface area contributed by atoms with E-state index in [2.05, 4.69) is 41.8 Å². The fourth-order valence-corrected chi connectivity index (χ4v) is 21.0. The Morgan fingerprint density at radius 1 is 0.358 bits per heavy atom. The van der Waals surface area contributed by atoms with Crippen LogP contribution in [0.3, 0.4) is 0 Å². The van der Waals surface area contributed by atoms with Gasteiger partial charge in [0, 0.05) is 179 Å². The van der Waals surface area contributed by atoms with Gasteiger partial charge in [0.15, 0.2) is 51.2 Å². The Kier molecular flexibility index (Phi) is 20.7. The number of nitrogens with zero attached hydrogens (tertiary/aromatic N) is 15. The van der Waals surface area contributed by atoms with E-state index < -0.39 is 45.5 Å². The fraction of sp³-hybridized carbons (Fsp3) is 0.233. The Morgan fingerprint density at radius 3 is 1.07 bits per heavy atom. The standard InChI is InChI=1S/C22H19N3O2.C21H14F3N3O2.C21H19N3O3.C20H17N3O2S.C19H15N3O2S/c1-13-10-17-19(11-14(13)2)24-21-22(27,20(17)26)7-9-25(21)16-5-6-18-15(12-16)4-3-8-23-18;22-21(23,24)13-3-5-17-15(11-13)18(28)20(29)7-9-27(19(20)26-17)14-4-6-16-12(10-14)2-1-8-25-16;1-11-8-15-17(9-12(11)2)23-20-21(26,19(15)25)6-7-24(20)14-4-5-16-18(10-14)27-13(3)22-16;1-2-14-11-15-17(24)20(25)7-9-23(19(20)22-18(15)26-14)13-5-6-16-12(10-13)4-3-8-21-16;1-11-9-14-16(23)19(24)6-8-22(18(19)21-17(14)25-11)13-4-5-15-12(10-13)3-2-7-20-15/h3-6,8,10-12,27H,7,9H2,1-2H3;1-6,8,10-11,29H,7,9H2;4-5,8-10,26H,6-7H2,1-3H3;3-6,8,10-11,25H,2,7,9H2,1H3;2-5,7,9-10,24H,6,8H2,1H3/t22-;20-;21-;20-;19-/m11111/s1. The van der Waals surface area contributed by atoms with E-state index in [1.54, 1.807) is 36.6 Å². The van der Waals surface area contributed by atoms with Crippen LogP contribution in [0, 0.1) is 41.5 Å². The highest BCUT2D eigenvalue weighted by molar-refractivity contribution is 7.16. The number of rotatable bonds is 6. The molecule has 5 atom stereocenters. The number of aromatic nitrogens is 5. The van der Waals surface area contributed by atoms with E-state index in [0.717, 1.165) is 128 Å². The molecule has 17 heterocycles. The Morgan fingerprint density at radius 2 is 0.687 bits per heavy atom. The van der Waals surface area contributed by atoms with Crippen molar-refractivity contribution < 1.29 is 67.1 Å². The molecule has 134 heavy (non-hydrogen) atoms. The van der Waals surface area contributed by atoms with Crippen LogP contribution in [0.15, 0.2) is 248 Å². The van der Waals surface area contributed by atoms with E-state index >= 15 is 0 Å². The average Bonchev–Trinajstić information content (AvgIpc) is 1.58. The zero-order valence-corrected chi connectivity index (χ0v) is 75.0. The van der Waals surface area contributed by atoms with Crippen molar-refractivity contribution in [3.05, 3.63) is 290 Å². The zero-order chi connectivity index (χ0) is 93.1. The number of hydrogen-bond acceptors (Lipinski definition) is 28. The molecule has 0 unspecified atom stereocenters. The van der Waals surface area contributed by atoms with Gasteiger partial charge in [-0.05, 0) is 227 Å². The Bertz CT molecular complexity index is 7780. The maximum atomic E-state index is 13.1. The van der Waals surface area contributed by atoms with Gasteiger partial charge in [0.1, 0.15) is 33.0 Å². The van der Waals surface area contributed by atoms with Crippen molar-refractivity contribution in [3.8, 4) is 0 Å². The van der Waals surface area contributed by atoms with Crippen LogP contribution in [0.1, 0.15) is 134 Å². The summed E-state index contributed by atoms with van der Waals surface area (Å²) in [6.45, 7) is 16.2. The molecule has 0 aliphatic carbocycles. The van der Waals surface area contributed by atoms with Crippen LogP contribution >= 0.6 is 22.7 Å². The van der Waals surface area contributed by atoms with Gasteiger partial charge < -0.3 is 54.4 Å². The first-order valence-electron chi connectivity index (χ1n) is 43.9. The monoisotopic (exact) mass is 1830 g/mol. The summed E-state index contributed by atoms with van der Waals surface area (Å²) in [6, 6.07) is 58.5. The summed E-state index contributed by atoms with van der Waals surface area (Å²) < 4.78 is 44.7. The van der Waals surface area contributed by atoms with Gasteiger partial charge in [-0.2, -0.15) is 13.2 Å². The van der Waals surface area contributed by atoms with E-state index in [4.69, 9.17) is 19.4 Å². The van der Waals surface area contributed by atoms with Crippen LogP contribution in [0.25, 0.3) is 54.7 Å². The summed E-state index contributed by atoms with van der Waals surface area (Å²) in [5.74, 6) is 0.695. The third-order valence-corrected chi connectivity index (χ3v) is 28.8. The number of hydrogen-bond donors (Lipinski definition) is 5. The number of aliphatic imine (C=N–C) groups is 5. The van der Waals surface area contributed by atoms with Crippen molar-refractivity contribution in [1.29, 1.82) is 0 Å². The minimum atomic E-state index is -4.58. The summed E-state index contributed by atoms with van der Waals surface area (Å²) >= 11 is 3.02. The summed E-state index contributed by atoms with van der Waals surface area (Å²) in [6.07, 6.45) is 4.66. The van der Waals surface area contributed by atoms with Crippen molar-refractivity contribution in [3.63, 3.8) is 0 Å². The van der Waals surface area contributed by atoms with Crippen molar-refractivity contribution in [2.75, 3.05) is 57.2 Å². The number of oxazole rings is 1. The van der Waals surface area contributed by atoms with Crippen LogP contribution in [-0.4, -0.2) is 169 Å². The van der Waals surface area contributed by atoms with Gasteiger partial charge in [0.25, 0.3) is 0 Å². The quantitative estimate of drug-likeness (QED) is 0.103. The largest absolute Gasteiger partial charge is 0.441 e. The highest BCUT2D eigenvalue weighted by atomic mass is 32.1. The number of ketones is 5. The number of alkyl halides is 3. The number of aliphatic hydroxyl groups is 5. The van der Waals surface area contributed by atoms with E-state index in [-0.39, 0.29) is 46.6 Å². The lowest BCUT2D eigenvalue weighted by Gasteiger charge is -2.30. The lowest BCUT2D eigenvalue weighted by Crippen LogP contribution is -2.48. The number of carbonyl (C=O) groups excluding carboxylic acids is 5. The molecule has 5 fully saturated rings. The number of pyridine rings is 4. The van der Waals surface area contributed by atoms with Gasteiger partial charge in [-0.3, -0.25) is 43.9 Å². The van der Waals surface area contributed by atoms with Gasteiger partial charge in [-0.15, -0.1) is 22.7 Å². The maximum Gasteiger partial charge on any atom is 0.416 e. The normalized spacial score (nSPS) is 21.5. The molecule has 0 saturated carbocycles. The third-order valence-electron chi connectivity index (χ3n) is 26.7. The highest BCUT2D eigenvalue weighted by Crippen LogP contribution is 2.50. The fourth-order valence-electron chi connectivity index (χ4n) is 19.2. The molecule has 670 valence electrons. The van der Waals surface area contributed by atoms with Gasteiger partial charge in [-0.25, -0.2) is 29.9 Å². The Labute approximate surface area is 771 Å². The van der Waals surface area contributed by atoms with Crippen molar-refractivity contribution in [1.82, 2.24) is 24.9 Å². The number of amidine groups is 5. The predicted octanol–water partition coefficient (Wildman–Crippen LogP) is 18.7. The number of aryl methyl sites for hydroxylation is 7. The molecule has 5 saturated heterocycles. The van der Waals surface area contributed by atoms with Gasteiger partial charge in [-0.1, -0.05) is 31.2 Å². The molecule has 0 radical (unpaired) electrons. The van der Waals surface area contributed by atoms with Crippen LogP contribution in [0.2, 0.25) is 0 Å². The second kappa shape index (κ2) is 32.2. The lowest BCUT2D eigenvalue weighted by molar-refractivity contribution is -0.137. The molecule has 10 aliphatic heterocycles. The maximum absolute atomic E-state index is 13.1. The van der Waals surface area contributed by atoms with Gasteiger partial charge >= 0.3 is 6.18 Å². The highest BCUT2D eigenvalue weighted by Gasteiger charge is 2.58. The SMILES string of the molecule is CCc1cc2c(s1)N=C1N(c3ccc4ncccc4c3)CC[C@@]1(O)C2=O.Cc1cc2c(cc1C)C(=O)[C@]1(O)CCN(c3ccc4ncccc4c3)C1=N2.Cc1cc2c(s1)N=C1N(c3ccc4ncccc4c3)CC[C@@]1(O)C2=O.Cc1nc2ccc(N3CC[C@@]4(O)C(=O)c5cc(C)c(C)cc5N=C34)cc2o1.O=C1c2cc(C(F)(F)F)ccc2N=C2N(c3ccc4ncccc4c3)CC[C@@]12O. The molecule has 7 aromatic heterocycles. The van der Waals surface area contributed by atoms with Gasteiger partial charge in [0.05, 0.1) is 55.8 Å². The molecule has 25 rings (SSSR count). The average molecular weight is 1830 g/mol. The molecular formula is C103H84F3N15O11S2. The number of thiophene rings is 2. The number of benzene rings is 8. The van der Waals surface area contributed by atoms with Crippen molar-refractivity contribution in [2.24, 2.45) is 25.0 Å². The van der Waals surface area contributed by atoms with E-state index in [0.29, 0.717) is 137 Å². The first-order chi connectivity index (χ1) is 64.3. The van der Waals surface area contributed by atoms with Crippen LogP contribution in [-0.2, 0) is 12.6 Å². The Hall–Kier alpha value is -14.4. The smallest absolute Gasteiger partial charge is 0.416 e. The second-order valence-corrected chi connectivity index (χ2v) is 37.4. The van der Waals surface area contributed by atoms with Crippen LogP contribution in [0.5, 0.6) is 0 Å². The number of Topliss-reactive ketones (excluding diaryl/α,β-unsaturated/α-hetero) is 5. The third kappa shape index (κ3) is 14.4. The van der Waals surface area contributed by atoms with Crippen molar-refractivity contribution in [2.45, 2.75) is 121 Å². The minimum Gasteiger partial charge on any atom is -0.441 e. The molecule has 0 bridgehead atoms. The van der Waals surface area contributed by atoms with E-state index in [1.807, 2.05) is 230 Å². The predicted molar refractivity (Wildman–Crippen MR) is 513 cm³/mol. The summed E-state index contributed by atoms with van der Waals surface area (Å²) in [7, 11) is 0. The van der Waals surface area contributed by atoms with Gasteiger partial charge in [0.2, 0.25) is 28.9 Å². The number of fused-ring (bicyclic) bond motifs is 15. The number of carbonyl (C=O) groups is 5. The molecule has 31 heteroatoms. The number of anilines is 5. The lowest BCUT2D eigenvalue weighted by atomic mass is 9.86. The summed E-state index contributed by atoms with van der Waals surface area (Å²) in [5.41, 5.74) is 7.69. The van der Waals surface area contributed by atoms with E-state index in [1.165, 1.54) is 28.7 Å². The topological polar surface area (TPSA) is 342 Å². The minimum absolute atomic E-state index is 0.0471. The Balaban J connectivity index is 0.000000101. The van der Waals surface area contributed by atoms with Crippen LogP contribution < -0.4 is 24.5 Å². The van der Waals surface area contributed by atoms with E-state index in [9.17, 15) is 62.7 Å². The van der Waals surface area contributed by atoms with Crippen LogP contribution in [0.4, 0.5) is 68.7 Å². The summed E-state index contributed by atoms with van der Waals surface area (Å²) in [5, 5.41) is 60.9. The molecule has 0 spiro atoms. The molecule has 8 aromatic carbocycles. The number of halogens is 3. The molecule has 5 N–H and O–H groups in total. The molecule has 10 aliphatic rings. The molecule has 15 aromatic rings. The first-order valence-corrected chi connectivity index (χ1v) is 45.5. The second-order valence-electron chi connectivity index (χ2n) is 35.0.